The average molecular weight is 109 g/mol. The van der Waals surface area contributed by atoms with Gasteiger partial charge in [-0.2, -0.15) is 0 Å². The second-order valence-electron chi connectivity index (χ2n) is 2.67. The topological polar surface area (TPSA) is 4.36 Å². The van der Waals surface area contributed by atoms with Gasteiger partial charge in [-0.05, 0) is 0 Å². The van der Waals surface area contributed by atoms with Crippen LogP contribution < -0.4 is 0 Å². The highest BCUT2D eigenvalue weighted by atomic mass is 14.9. The third kappa shape index (κ3) is 0.527. The van der Waals surface area contributed by atoms with Crippen molar-refractivity contribution in [3.8, 4) is 0 Å². The molecule has 1 saturated carbocycles. The van der Waals surface area contributed by atoms with E-state index >= 15 is 0 Å². The maximum atomic E-state index is 6.82. The van der Waals surface area contributed by atoms with Gasteiger partial charge in [-0.1, -0.05) is 13.8 Å². The van der Waals surface area contributed by atoms with Gasteiger partial charge in [0.15, 0.2) is 0 Å². The molecule has 44 valence electrons. The number of hydrogen-bond acceptors (Lipinski definition) is 0. The van der Waals surface area contributed by atoms with Crippen LogP contribution >= 0.6 is 0 Å². The van der Waals surface area contributed by atoms with Crippen molar-refractivity contribution in [1.82, 2.24) is 0 Å². The molecule has 1 heteroatoms. The van der Waals surface area contributed by atoms with Gasteiger partial charge in [-0.3, -0.25) is 0 Å². The van der Waals surface area contributed by atoms with Crippen molar-refractivity contribution in [3.63, 3.8) is 0 Å². The number of nitrogens with zero attached hydrogens (tertiary/aromatic N) is 1. The lowest BCUT2D eigenvalue weighted by Crippen LogP contribution is -2.00. The van der Waals surface area contributed by atoms with Crippen LogP contribution in [0.4, 0.5) is 0 Å². The van der Waals surface area contributed by atoms with Gasteiger partial charge in [0.25, 0.3) is 0 Å². The zero-order chi connectivity index (χ0) is 6.20. The van der Waals surface area contributed by atoms with E-state index in [9.17, 15) is 0 Å². The van der Waals surface area contributed by atoms with Gasteiger partial charge in [0.1, 0.15) is 0 Å². The highest BCUT2D eigenvalue weighted by Crippen LogP contribution is 2.49. The molecule has 0 N–H and O–H groups in total. The summed E-state index contributed by atoms with van der Waals surface area (Å²) in [6.45, 7) is 11.1. The smallest absolute Gasteiger partial charge is 0.235 e. The van der Waals surface area contributed by atoms with Crippen molar-refractivity contribution < 1.29 is 0 Å². The van der Waals surface area contributed by atoms with E-state index in [1.54, 1.807) is 0 Å². The maximum Gasteiger partial charge on any atom is 0.235 e. The summed E-state index contributed by atoms with van der Waals surface area (Å²) < 4.78 is 0. The molecule has 2 unspecified atom stereocenters. The Morgan fingerprint density at radius 3 is 2.38 bits per heavy atom. The van der Waals surface area contributed by atoms with Gasteiger partial charge in [0.2, 0.25) is 5.54 Å². The highest BCUT2D eigenvalue weighted by molar-refractivity contribution is 5.15. The third-order valence-corrected chi connectivity index (χ3v) is 2.25. The summed E-state index contributed by atoms with van der Waals surface area (Å²) in [5, 5.41) is 0. The molecule has 0 radical (unpaired) electrons. The third-order valence-electron chi connectivity index (χ3n) is 2.25. The van der Waals surface area contributed by atoms with E-state index in [-0.39, 0.29) is 5.54 Å². The van der Waals surface area contributed by atoms with Gasteiger partial charge in [-0.15, -0.1) is 0 Å². The first-order valence-electron chi connectivity index (χ1n) is 3.14. The van der Waals surface area contributed by atoms with Crippen molar-refractivity contribution in [1.29, 1.82) is 0 Å². The molecule has 0 bridgehead atoms. The largest absolute Gasteiger partial charge is 0.310 e. The predicted octanol–water partition coefficient (Wildman–Crippen LogP) is 2.09. The molecule has 1 nitrogen and oxygen atoms in total. The van der Waals surface area contributed by atoms with E-state index in [4.69, 9.17) is 6.57 Å². The molecular weight excluding hydrogens is 98.1 g/mol. The van der Waals surface area contributed by atoms with E-state index in [0.29, 0.717) is 5.92 Å². The van der Waals surface area contributed by atoms with Crippen molar-refractivity contribution in [2.24, 2.45) is 5.92 Å². The zero-order valence-corrected chi connectivity index (χ0v) is 5.44. The minimum absolute atomic E-state index is 0.0833. The molecule has 0 aromatic heterocycles. The van der Waals surface area contributed by atoms with E-state index in [0.717, 1.165) is 12.8 Å². The highest BCUT2D eigenvalue weighted by Gasteiger charge is 2.57. The monoisotopic (exact) mass is 109 g/mol. The molecule has 8 heavy (non-hydrogen) atoms. The van der Waals surface area contributed by atoms with Crippen LogP contribution in [0.15, 0.2) is 0 Å². The molecule has 0 aromatic carbocycles. The molecular formula is C7H11N. The van der Waals surface area contributed by atoms with Crippen LogP contribution in [-0.4, -0.2) is 5.54 Å². The first-order valence-corrected chi connectivity index (χ1v) is 3.14. The van der Waals surface area contributed by atoms with Crippen LogP contribution in [0.2, 0.25) is 0 Å². The Morgan fingerprint density at radius 2 is 2.38 bits per heavy atom. The molecule has 2 atom stereocenters. The molecule has 1 aliphatic rings. The predicted molar refractivity (Wildman–Crippen MR) is 33.4 cm³/mol. The van der Waals surface area contributed by atoms with Crippen LogP contribution in [0.25, 0.3) is 4.85 Å². The SMILES string of the molecule is [C-]#[N+]C1(CC)CC1C. The Morgan fingerprint density at radius 1 is 1.88 bits per heavy atom. The summed E-state index contributed by atoms with van der Waals surface area (Å²) in [6, 6.07) is 0. The molecule has 0 saturated heterocycles. The van der Waals surface area contributed by atoms with Crippen LogP contribution in [0, 0.1) is 12.5 Å². The Hall–Kier alpha value is -0.510. The zero-order valence-electron chi connectivity index (χ0n) is 5.44. The van der Waals surface area contributed by atoms with Crippen LogP contribution in [-0.2, 0) is 0 Å². The summed E-state index contributed by atoms with van der Waals surface area (Å²) in [4.78, 5) is 3.58. The van der Waals surface area contributed by atoms with E-state index in [2.05, 4.69) is 18.7 Å². The van der Waals surface area contributed by atoms with Crippen LogP contribution in [0.3, 0.4) is 0 Å². The summed E-state index contributed by atoms with van der Waals surface area (Å²) in [7, 11) is 0. The van der Waals surface area contributed by atoms with E-state index in [1.165, 1.54) is 0 Å². The standard InChI is InChI=1S/C7H11N/c1-4-7(8-3)5-6(7)2/h6H,4-5H2,1-2H3. The molecule has 0 aliphatic heterocycles. The lowest BCUT2D eigenvalue weighted by Gasteiger charge is -1.93. The van der Waals surface area contributed by atoms with Crippen molar-refractivity contribution >= 4 is 0 Å². The molecule has 0 spiro atoms. The Bertz CT molecular complexity index is 130. The normalized spacial score (nSPS) is 43.4. The van der Waals surface area contributed by atoms with Gasteiger partial charge >= 0.3 is 0 Å². The Kier molecular flexibility index (Phi) is 1.04. The second-order valence-corrected chi connectivity index (χ2v) is 2.67. The lowest BCUT2D eigenvalue weighted by molar-refractivity contribution is 0.687. The maximum absolute atomic E-state index is 6.82. The first kappa shape index (κ1) is 5.62. The summed E-state index contributed by atoms with van der Waals surface area (Å²) >= 11 is 0. The average Bonchev–Trinajstić information content (AvgIpc) is 2.43. The van der Waals surface area contributed by atoms with E-state index in [1.807, 2.05) is 0 Å². The lowest BCUT2D eigenvalue weighted by atomic mass is 10.2. The van der Waals surface area contributed by atoms with Gasteiger partial charge in [0, 0.05) is 18.8 Å². The van der Waals surface area contributed by atoms with Crippen molar-refractivity contribution in [2.45, 2.75) is 32.2 Å². The molecule has 1 rings (SSSR count). The minimum Gasteiger partial charge on any atom is -0.310 e. The fraction of sp³-hybridized carbons (Fsp3) is 0.857. The Labute approximate surface area is 50.5 Å². The van der Waals surface area contributed by atoms with Crippen LogP contribution in [0.1, 0.15) is 26.7 Å². The van der Waals surface area contributed by atoms with Gasteiger partial charge in [-0.25, -0.2) is 6.57 Å². The van der Waals surface area contributed by atoms with Crippen molar-refractivity contribution in [2.75, 3.05) is 0 Å². The minimum atomic E-state index is 0.0833. The first-order chi connectivity index (χ1) is 3.75. The van der Waals surface area contributed by atoms with Gasteiger partial charge < -0.3 is 4.85 Å². The van der Waals surface area contributed by atoms with Crippen LogP contribution in [0.5, 0.6) is 0 Å². The molecule has 0 heterocycles. The molecule has 1 aliphatic carbocycles. The quantitative estimate of drug-likeness (QED) is 0.454. The second kappa shape index (κ2) is 1.48. The summed E-state index contributed by atoms with van der Waals surface area (Å²) in [6.07, 6.45) is 2.17. The summed E-state index contributed by atoms with van der Waals surface area (Å²) in [5.41, 5.74) is 0.0833. The molecule has 0 aromatic rings. The van der Waals surface area contributed by atoms with E-state index < -0.39 is 0 Å². The fourth-order valence-electron chi connectivity index (χ4n) is 1.20. The van der Waals surface area contributed by atoms with Gasteiger partial charge in [0.05, 0.1) is 0 Å². The Balaban J connectivity index is 2.56. The number of rotatable bonds is 1. The molecule has 1 fully saturated rings. The molecule has 0 amide bonds. The number of hydrogen-bond donors (Lipinski definition) is 0. The fourth-order valence-corrected chi connectivity index (χ4v) is 1.20. The summed E-state index contributed by atoms with van der Waals surface area (Å²) in [5.74, 6) is 0.671. The van der Waals surface area contributed by atoms with Crippen molar-refractivity contribution in [3.05, 3.63) is 11.4 Å².